The molecule has 0 saturated heterocycles. The van der Waals surface area contributed by atoms with Crippen molar-refractivity contribution in [3.05, 3.63) is 29.6 Å². The molecule has 0 saturated carbocycles. The molecule has 2 rings (SSSR count). The Labute approximate surface area is 84.4 Å². The van der Waals surface area contributed by atoms with Gasteiger partial charge in [0.2, 0.25) is 5.13 Å². The fourth-order valence-corrected chi connectivity index (χ4v) is 1.88. The van der Waals surface area contributed by atoms with Crippen LogP contribution in [0.5, 0.6) is 0 Å². The molecule has 1 aromatic heterocycles. The van der Waals surface area contributed by atoms with E-state index in [1.54, 1.807) is 19.1 Å². The van der Waals surface area contributed by atoms with Crippen LogP contribution < -0.4 is 5.73 Å². The molecule has 0 spiro atoms. The summed E-state index contributed by atoms with van der Waals surface area (Å²) in [5.41, 5.74) is 6.78. The van der Waals surface area contributed by atoms with Crippen molar-refractivity contribution in [1.82, 2.24) is 10.2 Å². The van der Waals surface area contributed by atoms with E-state index in [-0.39, 0.29) is 5.82 Å². The third kappa shape index (κ3) is 1.46. The summed E-state index contributed by atoms with van der Waals surface area (Å²) in [5, 5.41) is 8.60. The Morgan fingerprint density at radius 1 is 1.36 bits per heavy atom. The van der Waals surface area contributed by atoms with Gasteiger partial charge in [0.15, 0.2) is 0 Å². The van der Waals surface area contributed by atoms with Crippen LogP contribution in [0.4, 0.5) is 9.52 Å². The number of anilines is 1. The monoisotopic (exact) mass is 209 g/mol. The van der Waals surface area contributed by atoms with Crippen LogP contribution in [0.3, 0.4) is 0 Å². The van der Waals surface area contributed by atoms with Crippen molar-refractivity contribution in [3.63, 3.8) is 0 Å². The first kappa shape index (κ1) is 9.08. The van der Waals surface area contributed by atoms with Gasteiger partial charge in [0, 0.05) is 5.56 Å². The summed E-state index contributed by atoms with van der Waals surface area (Å²) in [7, 11) is 0. The standard InChI is InChI=1S/C9H8FN3S/c1-5-6(3-2-4-7(5)10)8-12-13-9(11)14-8/h2-4H,1H3,(H2,11,13). The van der Waals surface area contributed by atoms with E-state index in [1.165, 1.54) is 17.4 Å². The van der Waals surface area contributed by atoms with Gasteiger partial charge >= 0.3 is 0 Å². The molecule has 5 heteroatoms. The van der Waals surface area contributed by atoms with Crippen LogP contribution in [0.2, 0.25) is 0 Å². The minimum atomic E-state index is -0.240. The molecule has 0 radical (unpaired) electrons. The lowest BCUT2D eigenvalue weighted by Gasteiger charge is -2.01. The van der Waals surface area contributed by atoms with E-state index >= 15 is 0 Å². The lowest BCUT2D eigenvalue weighted by atomic mass is 10.1. The number of nitrogens with zero attached hydrogens (tertiary/aromatic N) is 2. The Kier molecular flexibility index (Phi) is 2.17. The normalized spacial score (nSPS) is 10.4. The van der Waals surface area contributed by atoms with E-state index in [0.29, 0.717) is 15.7 Å². The van der Waals surface area contributed by atoms with Crippen molar-refractivity contribution in [3.8, 4) is 10.6 Å². The molecular formula is C9H8FN3S. The van der Waals surface area contributed by atoms with Crippen LogP contribution in [0.15, 0.2) is 18.2 Å². The first-order chi connectivity index (χ1) is 6.68. The zero-order valence-electron chi connectivity index (χ0n) is 7.49. The largest absolute Gasteiger partial charge is 0.374 e. The third-order valence-corrected chi connectivity index (χ3v) is 2.72. The van der Waals surface area contributed by atoms with Crippen molar-refractivity contribution < 1.29 is 4.39 Å². The lowest BCUT2D eigenvalue weighted by Crippen LogP contribution is -1.86. The van der Waals surface area contributed by atoms with Crippen LogP contribution in [0, 0.1) is 12.7 Å². The van der Waals surface area contributed by atoms with Crippen LogP contribution in [-0.4, -0.2) is 10.2 Å². The van der Waals surface area contributed by atoms with E-state index in [4.69, 9.17) is 5.73 Å². The molecule has 0 amide bonds. The Morgan fingerprint density at radius 2 is 2.14 bits per heavy atom. The van der Waals surface area contributed by atoms with Gasteiger partial charge < -0.3 is 5.73 Å². The van der Waals surface area contributed by atoms with Crippen LogP contribution in [-0.2, 0) is 0 Å². The van der Waals surface area contributed by atoms with Crippen LogP contribution in [0.25, 0.3) is 10.6 Å². The van der Waals surface area contributed by atoms with Crippen LogP contribution in [0.1, 0.15) is 5.56 Å². The maximum Gasteiger partial charge on any atom is 0.203 e. The molecule has 0 atom stereocenters. The van der Waals surface area contributed by atoms with Crippen molar-refractivity contribution >= 4 is 16.5 Å². The van der Waals surface area contributed by atoms with Gasteiger partial charge in [-0.1, -0.05) is 23.5 Å². The third-order valence-electron chi connectivity index (χ3n) is 1.94. The second kappa shape index (κ2) is 3.34. The van der Waals surface area contributed by atoms with Gasteiger partial charge in [-0.3, -0.25) is 0 Å². The van der Waals surface area contributed by atoms with E-state index in [0.717, 1.165) is 5.56 Å². The average molecular weight is 209 g/mol. The number of halogens is 1. The van der Waals surface area contributed by atoms with Gasteiger partial charge in [0.1, 0.15) is 10.8 Å². The molecule has 0 aliphatic heterocycles. The Bertz CT molecular complexity index is 467. The number of aromatic nitrogens is 2. The lowest BCUT2D eigenvalue weighted by molar-refractivity contribution is 0.619. The molecule has 2 N–H and O–H groups in total. The molecule has 2 aromatic rings. The number of nitrogen functional groups attached to an aromatic ring is 1. The molecule has 0 fully saturated rings. The zero-order chi connectivity index (χ0) is 10.1. The first-order valence-electron chi connectivity index (χ1n) is 4.03. The smallest absolute Gasteiger partial charge is 0.203 e. The Morgan fingerprint density at radius 3 is 2.79 bits per heavy atom. The second-order valence-corrected chi connectivity index (χ2v) is 3.87. The number of rotatable bonds is 1. The predicted octanol–water partition coefficient (Wildman–Crippen LogP) is 2.23. The highest BCUT2D eigenvalue weighted by molar-refractivity contribution is 7.18. The Hall–Kier alpha value is -1.49. The molecular weight excluding hydrogens is 201 g/mol. The topological polar surface area (TPSA) is 51.8 Å². The van der Waals surface area contributed by atoms with E-state index < -0.39 is 0 Å². The SMILES string of the molecule is Cc1c(F)cccc1-c1nnc(N)s1. The summed E-state index contributed by atoms with van der Waals surface area (Å²) in [4.78, 5) is 0. The summed E-state index contributed by atoms with van der Waals surface area (Å²) in [6, 6.07) is 4.87. The molecule has 72 valence electrons. The summed E-state index contributed by atoms with van der Waals surface area (Å²) in [5.74, 6) is -0.240. The van der Waals surface area contributed by atoms with Crippen LogP contribution >= 0.6 is 11.3 Å². The summed E-state index contributed by atoms with van der Waals surface area (Å²) in [6.45, 7) is 1.71. The Balaban J connectivity index is 2.57. The van der Waals surface area contributed by atoms with Crippen molar-refractivity contribution in [2.24, 2.45) is 0 Å². The fraction of sp³-hybridized carbons (Fsp3) is 0.111. The quantitative estimate of drug-likeness (QED) is 0.783. The number of hydrogen-bond acceptors (Lipinski definition) is 4. The number of benzene rings is 1. The van der Waals surface area contributed by atoms with Crippen molar-refractivity contribution in [2.45, 2.75) is 6.92 Å². The molecule has 0 aliphatic rings. The maximum atomic E-state index is 13.2. The van der Waals surface area contributed by atoms with Gasteiger partial charge in [-0.2, -0.15) is 0 Å². The van der Waals surface area contributed by atoms with Crippen molar-refractivity contribution in [2.75, 3.05) is 5.73 Å². The highest BCUT2D eigenvalue weighted by Gasteiger charge is 2.09. The first-order valence-corrected chi connectivity index (χ1v) is 4.84. The maximum absolute atomic E-state index is 13.2. The molecule has 3 nitrogen and oxygen atoms in total. The molecule has 14 heavy (non-hydrogen) atoms. The van der Waals surface area contributed by atoms with Crippen molar-refractivity contribution in [1.29, 1.82) is 0 Å². The van der Waals surface area contributed by atoms with E-state index in [2.05, 4.69) is 10.2 Å². The van der Waals surface area contributed by atoms with Gasteiger partial charge in [-0.25, -0.2) is 4.39 Å². The number of nitrogens with two attached hydrogens (primary N) is 1. The van der Waals surface area contributed by atoms with Gasteiger partial charge in [-0.05, 0) is 18.6 Å². The van der Waals surface area contributed by atoms with Gasteiger partial charge in [0.05, 0.1) is 0 Å². The van der Waals surface area contributed by atoms with E-state index in [9.17, 15) is 4.39 Å². The predicted molar refractivity (Wildman–Crippen MR) is 54.5 cm³/mol. The second-order valence-electron chi connectivity index (χ2n) is 2.86. The molecule has 0 aliphatic carbocycles. The fourth-order valence-electron chi connectivity index (χ4n) is 1.18. The zero-order valence-corrected chi connectivity index (χ0v) is 8.31. The highest BCUT2D eigenvalue weighted by atomic mass is 32.1. The molecule has 0 bridgehead atoms. The van der Waals surface area contributed by atoms with Gasteiger partial charge in [-0.15, -0.1) is 10.2 Å². The minimum Gasteiger partial charge on any atom is -0.374 e. The summed E-state index contributed by atoms with van der Waals surface area (Å²) < 4.78 is 13.2. The summed E-state index contributed by atoms with van der Waals surface area (Å²) >= 11 is 1.25. The summed E-state index contributed by atoms with van der Waals surface area (Å²) in [6.07, 6.45) is 0. The highest BCUT2D eigenvalue weighted by Crippen LogP contribution is 2.28. The molecule has 0 unspecified atom stereocenters. The average Bonchev–Trinajstić information content (AvgIpc) is 2.57. The van der Waals surface area contributed by atoms with Gasteiger partial charge in [0.25, 0.3) is 0 Å². The molecule has 1 aromatic carbocycles. The number of hydrogen-bond donors (Lipinski definition) is 1. The van der Waals surface area contributed by atoms with E-state index in [1.807, 2.05) is 0 Å². The molecule has 1 heterocycles. The minimum absolute atomic E-state index is 0.240.